The number of aromatic nitrogens is 2. The maximum Gasteiger partial charge on any atom is 0.325 e. The van der Waals surface area contributed by atoms with Crippen LogP contribution in [0, 0.1) is 6.92 Å². The summed E-state index contributed by atoms with van der Waals surface area (Å²) in [6.45, 7) is 2.25. The van der Waals surface area contributed by atoms with E-state index in [0.717, 1.165) is 14.6 Å². The van der Waals surface area contributed by atoms with Crippen LogP contribution in [0.1, 0.15) is 5.82 Å². The van der Waals surface area contributed by atoms with Crippen LogP contribution in [0.4, 0.5) is 5.69 Å². The highest BCUT2D eigenvalue weighted by atomic mass is 79.9. The Hall–Kier alpha value is -2.19. The fourth-order valence-electron chi connectivity index (χ4n) is 2.88. The first-order valence-corrected chi connectivity index (χ1v) is 10.2. The van der Waals surface area contributed by atoms with Gasteiger partial charge in [0.05, 0.1) is 17.4 Å². The highest BCUT2D eigenvalue weighted by Gasteiger charge is 2.13. The lowest BCUT2D eigenvalue weighted by molar-refractivity contribution is -0.142. The van der Waals surface area contributed by atoms with Gasteiger partial charge in [-0.3, -0.25) is 14.2 Å². The first-order chi connectivity index (χ1) is 13.4. The molecule has 0 aliphatic heterocycles. The molecule has 1 aromatic heterocycles. The van der Waals surface area contributed by atoms with Gasteiger partial charge in [0.25, 0.3) is 5.56 Å². The first-order valence-electron chi connectivity index (χ1n) is 8.65. The summed E-state index contributed by atoms with van der Waals surface area (Å²) in [6.07, 6.45) is 0. The summed E-state index contributed by atoms with van der Waals surface area (Å²) < 4.78 is 8.38. The topological polar surface area (TPSA) is 64.4 Å². The van der Waals surface area contributed by atoms with Crippen molar-refractivity contribution in [1.29, 1.82) is 0 Å². The molecule has 2 aromatic carbocycles. The molecule has 28 heavy (non-hydrogen) atoms. The van der Waals surface area contributed by atoms with E-state index in [2.05, 4.69) is 36.8 Å². The standard InChI is InChI=1S/C20H19Br2N3O3/c1-13-23-19-16(10-14(21)11-17(19)22)20(27)25(13)8-9-28-18(26)12-24(2)15-6-4-3-5-7-15/h3-7,10-11H,8-9,12H2,1-2H3. The highest BCUT2D eigenvalue weighted by Crippen LogP contribution is 2.25. The largest absolute Gasteiger partial charge is 0.462 e. The minimum atomic E-state index is -0.351. The van der Waals surface area contributed by atoms with Gasteiger partial charge >= 0.3 is 5.97 Å². The Morgan fingerprint density at radius 3 is 2.64 bits per heavy atom. The average Bonchev–Trinajstić information content (AvgIpc) is 2.66. The number of benzene rings is 2. The number of aryl methyl sites for hydroxylation is 1. The summed E-state index contributed by atoms with van der Waals surface area (Å²) >= 11 is 6.83. The molecule has 0 spiro atoms. The van der Waals surface area contributed by atoms with Gasteiger partial charge in [-0.1, -0.05) is 34.1 Å². The molecule has 0 radical (unpaired) electrons. The average molecular weight is 509 g/mol. The molecule has 0 saturated carbocycles. The third-order valence-corrected chi connectivity index (χ3v) is 5.37. The zero-order chi connectivity index (χ0) is 20.3. The van der Waals surface area contributed by atoms with Gasteiger partial charge < -0.3 is 9.64 Å². The number of anilines is 1. The van der Waals surface area contributed by atoms with E-state index in [1.165, 1.54) is 4.57 Å². The van der Waals surface area contributed by atoms with Gasteiger partial charge in [0, 0.05) is 21.7 Å². The number of carbonyl (C=O) groups is 1. The molecular formula is C20H19Br2N3O3. The van der Waals surface area contributed by atoms with Gasteiger partial charge in [0.2, 0.25) is 0 Å². The number of para-hydroxylation sites is 1. The number of esters is 1. The number of hydrogen-bond acceptors (Lipinski definition) is 5. The normalized spacial score (nSPS) is 10.9. The molecule has 6 nitrogen and oxygen atoms in total. The Kier molecular flexibility index (Phi) is 6.51. The van der Waals surface area contributed by atoms with E-state index >= 15 is 0 Å². The summed E-state index contributed by atoms with van der Waals surface area (Å²) in [5, 5.41) is 0.502. The van der Waals surface area contributed by atoms with Crippen LogP contribution in [-0.4, -0.2) is 35.7 Å². The van der Waals surface area contributed by atoms with Gasteiger partial charge in [0.15, 0.2) is 0 Å². The van der Waals surface area contributed by atoms with Crippen LogP contribution in [-0.2, 0) is 16.1 Å². The second-order valence-electron chi connectivity index (χ2n) is 6.31. The predicted molar refractivity (Wildman–Crippen MR) is 117 cm³/mol. The number of ether oxygens (including phenoxy) is 1. The van der Waals surface area contributed by atoms with Crippen molar-refractivity contribution in [3.05, 3.63) is 67.6 Å². The maximum atomic E-state index is 12.8. The van der Waals surface area contributed by atoms with Crippen LogP contribution in [0.5, 0.6) is 0 Å². The number of fused-ring (bicyclic) bond motifs is 1. The minimum absolute atomic E-state index is 0.102. The van der Waals surface area contributed by atoms with Crippen molar-refractivity contribution >= 4 is 54.4 Å². The smallest absolute Gasteiger partial charge is 0.325 e. The third-order valence-electron chi connectivity index (χ3n) is 4.31. The molecule has 8 heteroatoms. The van der Waals surface area contributed by atoms with E-state index in [1.807, 2.05) is 48.3 Å². The van der Waals surface area contributed by atoms with Crippen molar-refractivity contribution in [3.63, 3.8) is 0 Å². The zero-order valence-corrected chi connectivity index (χ0v) is 18.7. The maximum absolute atomic E-state index is 12.8. The lowest BCUT2D eigenvalue weighted by atomic mass is 10.2. The van der Waals surface area contributed by atoms with Crippen LogP contribution in [0.15, 0.2) is 56.2 Å². The minimum Gasteiger partial charge on any atom is -0.462 e. The summed E-state index contributed by atoms with van der Waals surface area (Å²) in [5.41, 5.74) is 1.38. The summed E-state index contributed by atoms with van der Waals surface area (Å²) in [6, 6.07) is 13.2. The first kappa shape index (κ1) is 20.5. The molecule has 0 fully saturated rings. The molecular weight excluding hydrogens is 490 g/mol. The van der Waals surface area contributed by atoms with Crippen molar-refractivity contribution in [2.24, 2.45) is 0 Å². The van der Waals surface area contributed by atoms with E-state index in [0.29, 0.717) is 16.7 Å². The van der Waals surface area contributed by atoms with E-state index in [4.69, 9.17) is 4.74 Å². The second-order valence-corrected chi connectivity index (χ2v) is 8.08. The van der Waals surface area contributed by atoms with Crippen LogP contribution in [0.25, 0.3) is 10.9 Å². The number of nitrogens with zero attached hydrogens (tertiary/aromatic N) is 3. The fraction of sp³-hybridized carbons (Fsp3) is 0.250. The van der Waals surface area contributed by atoms with E-state index in [1.54, 1.807) is 13.0 Å². The third kappa shape index (κ3) is 4.62. The molecule has 0 atom stereocenters. The monoisotopic (exact) mass is 507 g/mol. The molecule has 3 rings (SSSR count). The molecule has 3 aromatic rings. The zero-order valence-electron chi connectivity index (χ0n) is 15.5. The molecule has 0 saturated heterocycles. The van der Waals surface area contributed by atoms with Crippen molar-refractivity contribution in [2.75, 3.05) is 25.1 Å². The summed E-state index contributed by atoms with van der Waals surface area (Å²) in [7, 11) is 1.83. The van der Waals surface area contributed by atoms with Gasteiger partial charge in [-0.05, 0) is 47.1 Å². The molecule has 0 aliphatic carbocycles. The van der Waals surface area contributed by atoms with E-state index in [-0.39, 0.29) is 31.2 Å². The molecule has 0 aliphatic rings. The van der Waals surface area contributed by atoms with Crippen molar-refractivity contribution in [2.45, 2.75) is 13.5 Å². The van der Waals surface area contributed by atoms with Crippen LogP contribution < -0.4 is 10.5 Å². The predicted octanol–water partition coefficient (Wildman–Crippen LogP) is 3.91. The van der Waals surface area contributed by atoms with Gasteiger partial charge in [-0.15, -0.1) is 0 Å². The van der Waals surface area contributed by atoms with Crippen molar-refractivity contribution < 1.29 is 9.53 Å². The number of carbonyl (C=O) groups excluding carboxylic acids is 1. The van der Waals surface area contributed by atoms with Crippen molar-refractivity contribution in [1.82, 2.24) is 9.55 Å². The Morgan fingerprint density at radius 1 is 1.21 bits per heavy atom. The van der Waals surface area contributed by atoms with E-state index in [9.17, 15) is 9.59 Å². The van der Waals surface area contributed by atoms with Gasteiger partial charge in [0.1, 0.15) is 19.0 Å². The van der Waals surface area contributed by atoms with Crippen LogP contribution >= 0.6 is 31.9 Å². The number of rotatable bonds is 6. The number of likely N-dealkylation sites (N-methyl/N-ethyl adjacent to an activating group) is 1. The Bertz CT molecular complexity index is 1070. The molecule has 0 N–H and O–H groups in total. The molecule has 0 bridgehead atoms. The second kappa shape index (κ2) is 8.87. The van der Waals surface area contributed by atoms with E-state index < -0.39 is 0 Å². The van der Waals surface area contributed by atoms with Crippen LogP contribution in [0.3, 0.4) is 0 Å². The molecule has 1 heterocycles. The van der Waals surface area contributed by atoms with Crippen molar-refractivity contribution in [3.8, 4) is 0 Å². The Balaban J connectivity index is 1.67. The molecule has 0 unspecified atom stereocenters. The van der Waals surface area contributed by atoms with Crippen LogP contribution in [0.2, 0.25) is 0 Å². The van der Waals surface area contributed by atoms with Gasteiger partial charge in [-0.25, -0.2) is 4.98 Å². The molecule has 146 valence electrons. The lowest BCUT2D eigenvalue weighted by Gasteiger charge is -2.18. The van der Waals surface area contributed by atoms with Gasteiger partial charge in [-0.2, -0.15) is 0 Å². The SMILES string of the molecule is Cc1nc2c(Br)cc(Br)cc2c(=O)n1CCOC(=O)CN(C)c1ccccc1. The number of hydrogen-bond donors (Lipinski definition) is 0. The summed E-state index contributed by atoms with van der Waals surface area (Å²) in [4.78, 5) is 31.3. The summed E-state index contributed by atoms with van der Waals surface area (Å²) in [5.74, 6) is 0.217. The lowest BCUT2D eigenvalue weighted by Crippen LogP contribution is -2.30. The number of halogens is 2. The fourth-order valence-corrected chi connectivity index (χ4v) is 4.20. The quantitative estimate of drug-likeness (QED) is 0.472. The highest BCUT2D eigenvalue weighted by molar-refractivity contribution is 9.11. The Morgan fingerprint density at radius 2 is 1.93 bits per heavy atom. The molecule has 0 amide bonds. The Labute approximate surface area is 179 Å².